The molecule has 3 amide bonds. The second kappa shape index (κ2) is 16.4. The van der Waals surface area contributed by atoms with E-state index >= 15 is 0 Å². The average molecular weight is 791 g/mol. The Morgan fingerprint density at radius 3 is 2.64 bits per heavy atom. The minimum Gasteiger partial charge on any atom is -0.379 e. The number of nitrogens with zero attached hydrogens (tertiary/aromatic N) is 9. The number of benzene rings is 1. The number of piperidine rings is 1. The Balaban J connectivity index is 0.723. The molecule has 17 nitrogen and oxygen atoms in total. The highest BCUT2D eigenvalue weighted by atomic mass is 16.5. The molecule has 58 heavy (non-hydrogen) atoms. The van der Waals surface area contributed by atoms with Crippen LogP contribution in [0.2, 0.25) is 0 Å². The van der Waals surface area contributed by atoms with E-state index in [0.717, 1.165) is 99.4 Å². The lowest BCUT2D eigenvalue weighted by molar-refractivity contribution is -0.0477. The molecule has 2 saturated heterocycles. The monoisotopic (exact) mass is 790 g/mol. The summed E-state index contributed by atoms with van der Waals surface area (Å²) in [6, 6.07) is 9.05. The maximum atomic E-state index is 13.2. The van der Waals surface area contributed by atoms with Gasteiger partial charge in [0.05, 0.1) is 41.7 Å². The topological polar surface area (TPSA) is 202 Å². The van der Waals surface area contributed by atoms with Gasteiger partial charge in [0.15, 0.2) is 5.65 Å². The summed E-state index contributed by atoms with van der Waals surface area (Å²) in [5.41, 5.74) is 7.16. The van der Waals surface area contributed by atoms with E-state index < -0.39 is 12.5 Å². The largest absolute Gasteiger partial charge is 0.379 e. The summed E-state index contributed by atoms with van der Waals surface area (Å²) < 4.78 is 7.43. The second-order valence-corrected chi connectivity index (χ2v) is 16.0. The van der Waals surface area contributed by atoms with Gasteiger partial charge in [-0.15, -0.1) is 0 Å². The molecule has 3 fully saturated rings. The number of aromatic nitrogens is 6. The Hall–Kier alpha value is -5.49. The fraction of sp³-hybridized carbons (Fsp3) is 0.488. The maximum Gasteiger partial charge on any atom is 0.323 e. The molecule has 9 rings (SSSR count). The number of aryl methyl sites for hydroxylation is 2. The third-order valence-electron chi connectivity index (χ3n) is 12.1. The first-order chi connectivity index (χ1) is 28.3. The van der Waals surface area contributed by atoms with Gasteiger partial charge in [-0.2, -0.15) is 10.1 Å². The number of fused-ring (bicyclic) bond motifs is 2. The summed E-state index contributed by atoms with van der Waals surface area (Å²) >= 11 is 0. The molecule has 17 heteroatoms. The number of aliphatic hydroxyl groups is 2. The van der Waals surface area contributed by atoms with Crippen LogP contribution in [-0.2, 0) is 13.0 Å². The number of amides is 3. The van der Waals surface area contributed by atoms with Crippen LogP contribution in [0.25, 0.3) is 17.2 Å². The number of aliphatic hydroxyl groups excluding tert-OH is 2. The van der Waals surface area contributed by atoms with E-state index in [0.29, 0.717) is 66.1 Å². The molecular weight excluding hydrogens is 741 g/mol. The Labute approximate surface area is 335 Å². The summed E-state index contributed by atoms with van der Waals surface area (Å²) in [5.74, 6) is 1.25. The fourth-order valence-electron chi connectivity index (χ4n) is 9.03. The van der Waals surface area contributed by atoms with Crippen molar-refractivity contribution in [1.82, 2.24) is 44.8 Å². The molecule has 0 spiro atoms. The van der Waals surface area contributed by atoms with Gasteiger partial charge >= 0.3 is 6.03 Å². The Morgan fingerprint density at radius 2 is 1.83 bits per heavy atom. The predicted octanol–water partition coefficient (Wildman–Crippen LogP) is 4.27. The molecule has 304 valence electrons. The molecule has 1 aromatic carbocycles. The summed E-state index contributed by atoms with van der Waals surface area (Å²) in [6.45, 7) is 7.06. The number of hydrogen-bond donors (Lipinski definition) is 5. The Bertz CT molecular complexity index is 2280. The quantitative estimate of drug-likeness (QED) is 0.119. The first kappa shape index (κ1) is 38.1. The number of anilines is 3. The first-order valence-electron chi connectivity index (χ1n) is 20.5. The van der Waals surface area contributed by atoms with Crippen molar-refractivity contribution in [3.05, 3.63) is 77.2 Å². The number of pyridine rings is 1. The number of urea groups is 1. The lowest BCUT2D eigenvalue weighted by atomic mass is 10.0. The van der Waals surface area contributed by atoms with E-state index in [1.165, 1.54) is 0 Å². The highest BCUT2D eigenvalue weighted by molar-refractivity contribution is 6.00. The van der Waals surface area contributed by atoms with Crippen LogP contribution in [-0.4, -0.2) is 113 Å². The van der Waals surface area contributed by atoms with Crippen LogP contribution in [0.3, 0.4) is 0 Å². The van der Waals surface area contributed by atoms with Gasteiger partial charge in [0.25, 0.3) is 5.91 Å². The first-order valence-corrected chi connectivity index (χ1v) is 20.5. The summed E-state index contributed by atoms with van der Waals surface area (Å²) in [4.78, 5) is 46.5. The molecule has 5 N–H and O–H groups in total. The van der Waals surface area contributed by atoms with Crippen molar-refractivity contribution < 1.29 is 24.3 Å². The predicted molar refractivity (Wildman–Crippen MR) is 215 cm³/mol. The van der Waals surface area contributed by atoms with Crippen molar-refractivity contribution in [2.75, 3.05) is 48.3 Å². The van der Waals surface area contributed by atoms with E-state index in [1.807, 2.05) is 35.7 Å². The van der Waals surface area contributed by atoms with Crippen LogP contribution < -0.4 is 20.9 Å². The van der Waals surface area contributed by atoms with Crippen molar-refractivity contribution in [2.45, 2.75) is 95.7 Å². The standard InChI is InChI=1S/C41H50N12O5/c1-25-20-28(45-41(57)46-31-23-42-33-13-14-44-53(33)37(31)26-6-2-3-7-26)22-43-36(25)38-48-35(58-49-38)8-4-5-15-50-16-18-51(19-17-50)29-9-10-30-27(21-29)24-52(40(30)56)32-11-12-34(54)47-39(32)55/h9-10,13-14,20-23,26,32,34,39,47,54-55H,2-8,11-12,15-19,24H2,1H3,(H2,45,46,57). The minimum atomic E-state index is -0.944. The van der Waals surface area contributed by atoms with Gasteiger partial charge in [0.2, 0.25) is 11.7 Å². The third-order valence-corrected chi connectivity index (χ3v) is 12.1. The van der Waals surface area contributed by atoms with E-state index in [1.54, 1.807) is 23.5 Å². The van der Waals surface area contributed by atoms with Gasteiger partial charge in [0.1, 0.15) is 18.1 Å². The van der Waals surface area contributed by atoms with Crippen LogP contribution in [0.1, 0.15) is 90.4 Å². The molecule has 7 heterocycles. The van der Waals surface area contributed by atoms with E-state index in [9.17, 15) is 19.8 Å². The zero-order valence-electron chi connectivity index (χ0n) is 32.7. The number of unbranched alkanes of at least 4 members (excludes halogenated alkanes) is 1. The highest BCUT2D eigenvalue weighted by Gasteiger charge is 2.39. The number of nitrogens with one attached hydrogen (secondary N) is 3. The minimum absolute atomic E-state index is 0.0613. The van der Waals surface area contributed by atoms with E-state index in [2.05, 4.69) is 57.0 Å². The number of carbonyl (C=O) groups is 2. The highest BCUT2D eigenvalue weighted by Crippen LogP contribution is 2.38. The molecule has 3 aliphatic heterocycles. The van der Waals surface area contributed by atoms with Gasteiger partial charge in [-0.05, 0) is 87.4 Å². The molecule has 3 unspecified atom stereocenters. The van der Waals surface area contributed by atoms with Gasteiger partial charge in [-0.1, -0.05) is 18.0 Å². The smallest absolute Gasteiger partial charge is 0.323 e. The van der Waals surface area contributed by atoms with Gasteiger partial charge in [0, 0.05) is 62.4 Å². The summed E-state index contributed by atoms with van der Waals surface area (Å²) in [5, 5.41) is 37.6. The van der Waals surface area contributed by atoms with Crippen molar-refractivity contribution in [2.24, 2.45) is 0 Å². The number of hydrogen-bond acceptors (Lipinski definition) is 13. The molecule has 5 aromatic rings. The lowest BCUT2D eigenvalue weighted by Crippen LogP contribution is -2.56. The number of carbonyl (C=O) groups excluding carboxylic acids is 2. The van der Waals surface area contributed by atoms with Crippen molar-refractivity contribution in [3.63, 3.8) is 0 Å². The Morgan fingerprint density at radius 1 is 0.983 bits per heavy atom. The van der Waals surface area contributed by atoms with Gasteiger partial charge < -0.3 is 35.2 Å². The van der Waals surface area contributed by atoms with Crippen LogP contribution in [0.4, 0.5) is 21.9 Å². The molecule has 4 aliphatic rings. The molecule has 1 saturated carbocycles. The second-order valence-electron chi connectivity index (χ2n) is 16.0. The molecule has 0 radical (unpaired) electrons. The fourth-order valence-corrected chi connectivity index (χ4v) is 9.03. The molecular formula is C41H50N12O5. The molecule has 0 bridgehead atoms. The normalized spacial score (nSPS) is 21.6. The molecule has 3 atom stereocenters. The van der Waals surface area contributed by atoms with E-state index in [-0.39, 0.29) is 18.0 Å². The molecule has 1 aliphatic carbocycles. The van der Waals surface area contributed by atoms with Crippen molar-refractivity contribution in [3.8, 4) is 11.5 Å². The zero-order valence-corrected chi connectivity index (χ0v) is 32.7. The average Bonchev–Trinajstić information content (AvgIpc) is 4.06. The van der Waals surface area contributed by atoms with Crippen LogP contribution in [0.15, 0.2) is 53.4 Å². The number of piperazine rings is 1. The number of rotatable bonds is 11. The zero-order chi connectivity index (χ0) is 39.8. The summed E-state index contributed by atoms with van der Waals surface area (Å²) in [7, 11) is 0. The van der Waals surface area contributed by atoms with Crippen molar-refractivity contribution in [1.29, 1.82) is 0 Å². The van der Waals surface area contributed by atoms with Gasteiger partial charge in [-0.25, -0.2) is 14.3 Å². The molecule has 4 aromatic heterocycles. The summed E-state index contributed by atoms with van der Waals surface area (Å²) in [6.07, 6.45) is 11.4. The lowest BCUT2D eigenvalue weighted by Gasteiger charge is -2.37. The van der Waals surface area contributed by atoms with E-state index in [4.69, 9.17) is 4.52 Å². The Kier molecular flexibility index (Phi) is 10.8. The maximum absolute atomic E-state index is 13.2. The van der Waals surface area contributed by atoms with Crippen LogP contribution >= 0.6 is 0 Å². The van der Waals surface area contributed by atoms with Crippen LogP contribution in [0.5, 0.6) is 0 Å². The SMILES string of the molecule is Cc1cc(NC(=O)Nc2cnc3ccnn3c2C2CCCC2)cnc1-c1noc(CCCCN2CCN(c3ccc4c(c3)CN(C3CCC(O)NC3O)C4=O)CC2)n1. The van der Waals surface area contributed by atoms with Crippen molar-refractivity contribution >= 4 is 34.6 Å². The van der Waals surface area contributed by atoms with Gasteiger partial charge in [-0.3, -0.25) is 20.0 Å². The third kappa shape index (κ3) is 7.86. The van der Waals surface area contributed by atoms with Crippen LogP contribution in [0, 0.1) is 6.92 Å².